The van der Waals surface area contributed by atoms with Gasteiger partial charge < -0.3 is 14.5 Å². The fourth-order valence-corrected chi connectivity index (χ4v) is 4.37. The van der Waals surface area contributed by atoms with Crippen LogP contribution in [0.1, 0.15) is 22.5 Å². The molecule has 4 rings (SSSR count). The highest BCUT2D eigenvalue weighted by Crippen LogP contribution is 2.20. The molecule has 8 heteroatoms. The van der Waals surface area contributed by atoms with Crippen LogP contribution in [0.4, 0.5) is 5.69 Å². The van der Waals surface area contributed by atoms with E-state index >= 15 is 0 Å². The average Bonchev–Trinajstić information content (AvgIpc) is 3.15. The molecule has 0 bridgehead atoms. The van der Waals surface area contributed by atoms with Crippen LogP contribution < -0.4 is 4.90 Å². The van der Waals surface area contributed by atoms with Gasteiger partial charge in [-0.1, -0.05) is 48.0 Å². The monoisotopic (exact) mass is 492 g/mol. The summed E-state index contributed by atoms with van der Waals surface area (Å²) in [6.45, 7) is 6.81. The van der Waals surface area contributed by atoms with E-state index in [1.807, 2.05) is 61.0 Å². The Hall–Kier alpha value is -3.58. The molecule has 182 valence electrons. The van der Waals surface area contributed by atoms with E-state index in [-0.39, 0.29) is 12.5 Å². The fraction of sp³-hybridized carbons (Fsp3) is 0.296. The number of carbonyl (C=O) groups excluding carboxylic acids is 2. The number of esters is 1. The lowest BCUT2D eigenvalue weighted by atomic mass is 10.1. The Bertz CT molecular complexity index is 1210. The van der Waals surface area contributed by atoms with Gasteiger partial charge in [-0.15, -0.1) is 0 Å². The Morgan fingerprint density at radius 1 is 1.00 bits per heavy atom. The average molecular weight is 493 g/mol. The van der Waals surface area contributed by atoms with Crippen molar-refractivity contribution in [3.63, 3.8) is 0 Å². The van der Waals surface area contributed by atoms with Crippen molar-refractivity contribution < 1.29 is 14.3 Å². The van der Waals surface area contributed by atoms with Gasteiger partial charge in [0, 0.05) is 54.2 Å². The normalized spacial score (nSPS) is 13.9. The van der Waals surface area contributed by atoms with Crippen LogP contribution in [0.25, 0.3) is 6.08 Å². The van der Waals surface area contributed by atoms with E-state index in [0.717, 1.165) is 41.3 Å². The minimum absolute atomic E-state index is 0.181. The molecular formula is C27H29ClN4O3. The highest BCUT2D eigenvalue weighted by atomic mass is 35.5. The van der Waals surface area contributed by atoms with E-state index in [1.165, 1.54) is 6.08 Å². The molecule has 1 saturated heterocycles. The molecule has 0 N–H and O–H groups in total. The number of para-hydroxylation sites is 1. The number of rotatable bonds is 7. The number of aromatic nitrogens is 2. The maximum atomic E-state index is 12.5. The van der Waals surface area contributed by atoms with E-state index in [4.69, 9.17) is 16.3 Å². The number of hydrogen-bond donors (Lipinski definition) is 0. The van der Waals surface area contributed by atoms with E-state index in [2.05, 4.69) is 22.1 Å². The lowest BCUT2D eigenvalue weighted by Gasteiger charge is -2.36. The lowest BCUT2D eigenvalue weighted by molar-refractivity contribution is -0.148. The number of halogens is 1. The number of amides is 1. The predicted octanol–water partition coefficient (Wildman–Crippen LogP) is 4.11. The third kappa shape index (κ3) is 6.11. The first-order valence-electron chi connectivity index (χ1n) is 11.6. The molecule has 1 aromatic heterocycles. The third-order valence-electron chi connectivity index (χ3n) is 6.19. The molecule has 35 heavy (non-hydrogen) atoms. The van der Waals surface area contributed by atoms with Gasteiger partial charge in [0.25, 0.3) is 5.91 Å². The van der Waals surface area contributed by atoms with Crippen molar-refractivity contribution in [2.75, 3.05) is 37.7 Å². The van der Waals surface area contributed by atoms with Crippen molar-refractivity contribution in [2.45, 2.75) is 20.4 Å². The molecule has 3 aromatic rings. The highest BCUT2D eigenvalue weighted by Gasteiger charge is 2.22. The Morgan fingerprint density at radius 3 is 2.40 bits per heavy atom. The van der Waals surface area contributed by atoms with Crippen molar-refractivity contribution >= 4 is 35.2 Å². The summed E-state index contributed by atoms with van der Waals surface area (Å²) >= 11 is 6.28. The molecule has 1 amide bonds. The Balaban J connectivity index is 1.28. The second-order valence-electron chi connectivity index (χ2n) is 8.48. The molecule has 1 fully saturated rings. The number of hydrogen-bond acceptors (Lipinski definition) is 5. The van der Waals surface area contributed by atoms with Crippen LogP contribution in [0.5, 0.6) is 0 Å². The summed E-state index contributed by atoms with van der Waals surface area (Å²) in [7, 11) is 0. The quantitative estimate of drug-likeness (QED) is 0.367. The molecule has 0 spiro atoms. The van der Waals surface area contributed by atoms with Crippen LogP contribution in [0, 0.1) is 13.8 Å². The van der Waals surface area contributed by atoms with Crippen molar-refractivity contribution in [1.82, 2.24) is 14.7 Å². The molecule has 0 radical (unpaired) electrons. The smallest absolute Gasteiger partial charge is 0.331 e. The number of piperazine rings is 1. The molecule has 2 heterocycles. The zero-order valence-corrected chi connectivity index (χ0v) is 20.7. The summed E-state index contributed by atoms with van der Waals surface area (Å²) in [6.07, 6.45) is 3.03. The first-order chi connectivity index (χ1) is 16.9. The summed E-state index contributed by atoms with van der Waals surface area (Å²) in [5, 5.41) is 5.26. The van der Waals surface area contributed by atoms with Gasteiger partial charge in [0.1, 0.15) is 0 Å². The third-order valence-corrected chi connectivity index (χ3v) is 6.56. The first kappa shape index (κ1) is 24.5. The van der Waals surface area contributed by atoms with Crippen LogP contribution >= 0.6 is 11.6 Å². The van der Waals surface area contributed by atoms with Gasteiger partial charge >= 0.3 is 5.97 Å². The fourth-order valence-electron chi connectivity index (χ4n) is 4.17. The van der Waals surface area contributed by atoms with Gasteiger partial charge in [0.05, 0.1) is 12.2 Å². The minimum atomic E-state index is -0.557. The molecule has 2 aromatic carbocycles. The standard InChI is InChI=1S/C27H29ClN4O3/c1-20-24(21(2)32(29-20)18-22-8-6-7-11-25(22)28)12-13-27(34)35-19-26(33)31-16-14-30(15-17-31)23-9-4-3-5-10-23/h3-13H,14-19H2,1-2H3/b13-12+. The first-order valence-corrected chi connectivity index (χ1v) is 12.0. The molecule has 7 nitrogen and oxygen atoms in total. The number of carbonyl (C=O) groups is 2. The van der Waals surface area contributed by atoms with E-state index < -0.39 is 5.97 Å². The molecule has 0 saturated carbocycles. The topological polar surface area (TPSA) is 67.7 Å². The summed E-state index contributed by atoms with van der Waals surface area (Å²) < 4.78 is 7.07. The van der Waals surface area contributed by atoms with Crippen LogP contribution in [0.2, 0.25) is 5.02 Å². The number of anilines is 1. The van der Waals surface area contributed by atoms with Gasteiger partial charge in [0.2, 0.25) is 0 Å². The van der Waals surface area contributed by atoms with Crippen molar-refractivity contribution in [1.29, 1.82) is 0 Å². The van der Waals surface area contributed by atoms with Crippen LogP contribution in [-0.2, 0) is 20.9 Å². The second-order valence-corrected chi connectivity index (χ2v) is 8.89. The SMILES string of the molecule is Cc1nn(Cc2ccccc2Cl)c(C)c1/C=C/C(=O)OCC(=O)N1CCN(c2ccccc2)CC1. The highest BCUT2D eigenvalue weighted by molar-refractivity contribution is 6.31. The van der Waals surface area contributed by atoms with Crippen LogP contribution in [0.15, 0.2) is 60.7 Å². The summed E-state index contributed by atoms with van der Waals surface area (Å²) in [5.74, 6) is -0.738. The van der Waals surface area contributed by atoms with Crippen LogP contribution in [-0.4, -0.2) is 59.3 Å². The van der Waals surface area contributed by atoms with Gasteiger partial charge in [-0.25, -0.2) is 4.79 Å². The Morgan fingerprint density at radius 2 is 1.69 bits per heavy atom. The van der Waals surface area contributed by atoms with Gasteiger partial charge in [-0.05, 0) is 43.7 Å². The Kier molecular flexibility index (Phi) is 7.87. The zero-order valence-electron chi connectivity index (χ0n) is 20.0. The molecule has 1 aliphatic heterocycles. The summed E-state index contributed by atoms with van der Waals surface area (Å²) in [5.41, 5.74) is 4.68. The summed E-state index contributed by atoms with van der Waals surface area (Å²) in [4.78, 5) is 28.8. The molecular weight excluding hydrogens is 464 g/mol. The molecule has 0 aliphatic carbocycles. The minimum Gasteiger partial charge on any atom is -0.452 e. The number of benzene rings is 2. The maximum absolute atomic E-state index is 12.5. The number of ether oxygens (including phenoxy) is 1. The largest absolute Gasteiger partial charge is 0.452 e. The van der Waals surface area contributed by atoms with Crippen molar-refractivity contribution in [2.24, 2.45) is 0 Å². The number of nitrogens with zero attached hydrogens (tertiary/aromatic N) is 4. The van der Waals surface area contributed by atoms with Gasteiger partial charge in [-0.2, -0.15) is 5.10 Å². The van der Waals surface area contributed by atoms with E-state index in [1.54, 1.807) is 11.0 Å². The van der Waals surface area contributed by atoms with Gasteiger partial charge in [-0.3, -0.25) is 9.48 Å². The number of aryl methyl sites for hydroxylation is 1. The van der Waals surface area contributed by atoms with E-state index in [9.17, 15) is 9.59 Å². The van der Waals surface area contributed by atoms with Crippen molar-refractivity contribution in [3.8, 4) is 0 Å². The second kappa shape index (κ2) is 11.2. The molecule has 0 atom stereocenters. The molecule has 0 unspecified atom stereocenters. The summed E-state index contributed by atoms with van der Waals surface area (Å²) in [6, 6.07) is 17.8. The van der Waals surface area contributed by atoms with E-state index in [0.29, 0.717) is 24.7 Å². The van der Waals surface area contributed by atoms with Crippen LogP contribution in [0.3, 0.4) is 0 Å². The lowest BCUT2D eigenvalue weighted by Crippen LogP contribution is -2.49. The van der Waals surface area contributed by atoms with Crippen molar-refractivity contribution in [3.05, 3.63) is 88.2 Å². The Labute approximate surface area is 210 Å². The predicted molar refractivity (Wildman–Crippen MR) is 137 cm³/mol. The maximum Gasteiger partial charge on any atom is 0.331 e. The zero-order chi connectivity index (χ0) is 24.8. The van der Waals surface area contributed by atoms with Gasteiger partial charge in [0.15, 0.2) is 6.61 Å². The molecule has 1 aliphatic rings.